The minimum Gasteiger partial charge on any atom is -0.159 e. The van der Waals surface area contributed by atoms with Gasteiger partial charge < -0.3 is 0 Å². The van der Waals surface area contributed by atoms with Gasteiger partial charge in [0.2, 0.25) is 0 Å². The van der Waals surface area contributed by atoms with Crippen molar-refractivity contribution in [3.05, 3.63) is 23.5 Å². The van der Waals surface area contributed by atoms with Crippen molar-refractivity contribution in [3.8, 4) is 0 Å². The number of hydrogen-bond donors (Lipinski definition) is 0. The molecule has 0 aliphatic carbocycles. The molecule has 0 aromatic carbocycles. The Hall–Kier alpha value is -0.920. The van der Waals surface area contributed by atoms with Gasteiger partial charge >= 0.3 is 0 Å². The van der Waals surface area contributed by atoms with Crippen molar-refractivity contribution >= 4 is 0 Å². The number of hydrogen-bond acceptors (Lipinski definition) is 2. The lowest BCUT2D eigenvalue weighted by atomic mass is 10.0. The molecule has 1 aromatic rings. The van der Waals surface area contributed by atoms with Gasteiger partial charge in [-0.1, -0.05) is 78.1 Å². The molecule has 0 saturated carbocycles. The molecule has 0 amide bonds. The van der Waals surface area contributed by atoms with Crippen molar-refractivity contribution in [1.82, 2.24) is 10.2 Å². The standard InChI is InChI=1S/C20H36N2/c1-3-5-7-9-11-13-15-19-17-18-21-22-20(19)16-14-12-10-8-6-4-2/h17-18H,3-16H2,1-2H3. The molecule has 126 valence electrons. The van der Waals surface area contributed by atoms with Crippen LogP contribution in [0.4, 0.5) is 0 Å². The molecule has 0 N–H and O–H groups in total. The number of unbranched alkanes of at least 4 members (excludes halogenated alkanes) is 10. The van der Waals surface area contributed by atoms with E-state index in [1.807, 2.05) is 6.20 Å². The lowest BCUT2D eigenvalue weighted by molar-refractivity contribution is 0.593. The molecule has 0 fully saturated rings. The van der Waals surface area contributed by atoms with Gasteiger partial charge in [-0.2, -0.15) is 10.2 Å². The van der Waals surface area contributed by atoms with Gasteiger partial charge in [0.25, 0.3) is 0 Å². The van der Waals surface area contributed by atoms with E-state index in [4.69, 9.17) is 0 Å². The normalized spacial score (nSPS) is 11.0. The Labute approximate surface area is 138 Å². The first-order valence-corrected chi connectivity index (χ1v) is 9.68. The van der Waals surface area contributed by atoms with Gasteiger partial charge in [-0.25, -0.2) is 0 Å². The van der Waals surface area contributed by atoms with Crippen molar-refractivity contribution in [1.29, 1.82) is 0 Å². The van der Waals surface area contributed by atoms with E-state index in [0.29, 0.717) is 0 Å². The Bertz CT molecular complexity index is 327. The summed E-state index contributed by atoms with van der Waals surface area (Å²) in [4.78, 5) is 0. The van der Waals surface area contributed by atoms with Gasteiger partial charge in [0, 0.05) is 6.20 Å². The fraction of sp³-hybridized carbons (Fsp3) is 0.800. The quantitative estimate of drug-likeness (QED) is 0.378. The van der Waals surface area contributed by atoms with Crippen LogP contribution < -0.4 is 0 Å². The van der Waals surface area contributed by atoms with Crippen molar-refractivity contribution in [2.45, 2.75) is 104 Å². The summed E-state index contributed by atoms with van der Waals surface area (Å²) in [5.74, 6) is 0. The van der Waals surface area contributed by atoms with Gasteiger partial charge in [-0.05, 0) is 37.3 Å². The van der Waals surface area contributed by atoms with E-state index >= 15 is 0 Å². The third-order valence-corrected chi connectivity index (χ3v) is 4.46. The Kier molecular flexibility index (Phi) is 11.9. The second-order valence-electron chi connectivity index (χ2n) is 6.54. The Balaban J connectivity index is 2.20. The van der Waals surface area contributed by atoms with E-state index in [-0.39, 0.29) is 0 Å². The molecule has 1 heterocycles. The highest BCUT2D eigenvalue weighted by atomic mass is 15.1. The zero-order valence-corrected chi connectivity index (χ0v) is 14.9. The molecule has 0 radical (unpaired) electrons. The number of rotatable bonds is 14. The third-order valence-electron chi connectivity index (χ3n) is 4.46. The summed E-state index contributed by atoms with van der Waals surface area (Å²) in [5, 5.41) is 8.48. The fourth-order valence-corrected chi connectivity index (χ4v) is 2.99. The summed E-state index contributed by atoms with van der Waals surface area (Å²) in [6.45, 7) is 4.55. The summed E-state index contributed by atoms with van der Waals surface area (Å²) >= 11 is 0. The van der Waals surface area contributed by atoms with Crippen molar-refractivity contribution in [3.63, 3.8) is 0 Å². The molecule has 0 unspecified atom stereocenters. The molecule has 1 aromatic heterocycles. The van der Waals surface area contributed by atoms with Crippen LogP contribution in [0.2, 0.25) is 0 Å². The predicted molar refractivity (Wildman–Crippen MR) is 96.2 cm³/mol. The second kappa shape index (κ2) is 13.7. The molecule has 0 bridgehead atoms. The van der Waals surface area contributed by atoms with E-state index in [1.54, 1.807) is 0 Å². The van der Waals surface area contributed by atoms with Crippen LogP contribution >= 0.6 is 0 Å². The van der Waals surface area contributed by atoms with Gasteiger partial charge in [0.15, 0.2) is 0 Å². The number of aromatic nitrogens is 2. The second-order valence-corrected chi connectivity index (χ2v) is 6.54. The monoisotopic (exact) mass is 304 g/mol. The third kappa shape index (κ3) is 9.17. The van der Waals surface area contributed by atoms with Crippen molar-refractivity contribution in [2.24, 2.45) is 0 Å². The van der Waals surface area contributed by atoms with Crippen LogP contribution in [0.1, 0.15) is 102 Å². The van der Waals surface area contributed by atoms with Crippen LogP contribution in [-0.4, -0.2) is 10.2 Å². The van der Waals surface area contributed by atoms with E-state index in [1.165, 1.54) is 94.7 Å². The maximum absolute atomic E-state index is 4.39. The molecule has 2 nitrogen and oxygen atoms in total. The molecule has 0 saturated heterocycles. The van der Waals surface area contributed by atoms with E-state index < -0.39 is 0 Å². The van der Waals surface area contributed by atoms with E-state index in [0.717, 1.165) is 6.42 Å². The summed E-state index contributed by atoms with van der Waals surface area (Å²) in [5.41, 5.74) is 2.70. The van der Waals surface area contributed by atoms with Crippen LogP contribution in [0, 0.1) is 0 Å². The predicted octanol–water partition coefficient (Wildman–Crippen LogP) is 6.28. The first-order chi connectivity index (χ1) is 10.9. The SMILES string of the molecule is CCCCCCCCc1ccnnc1CCCCCCCC. The number of nitrogens with zero attached hydrogens (tertiary/aromatic N) is 2. The molecule has 0 aliphatic rings. The van der Waals surface area contributed by atoms with Crippen LogP contribution in [-0.2, 0) is 12.8 Å². The molecule has 2 heteroatoms. The fourth-order valence-electron chi connectivity index (χ4n) is 2.99. The highest BCUT2D eigenvalue weighted by Gasteiger charge is 2.04. The zero-order chi connectivity index (χ0) is 15.9. The minimum absolute atomic E-state index is 1.12. The molecule has 0 aliphatic heterocycles. The lowest BCUT2D eigenvalue weighted by Gasteiger charge is -2.07. The highest BCUT2D eigenvalue weighted by molar-refractivity contribution is 5.17. The average molecular weight is 305 g/mol. The van der Waals surface area contributed by atoms with E-state index in [2.05, 4.69) is 30.1 Å². The first kappa shape index (κ1) is 19.1. The largest absolute Gasteiger partial charge is 0.159 e. The molecular formula is C20H36N2. The van der Waals surface area contributed by atoms with Crippen LogP contribution in [0.3, 0.4) is 0 Å². The van der Waals surface area contributed by atoms with Crippen molar-refractivity contribution in [2.75, 3.05) is 0 Å². The average Bonchev–Trinajstić information content (AvgIpc) is 2.55. The Morgan fingerprint density at radius 3 is 1.86 bits per heavy atom. The van der Waals surface area contributed by atoms with E-state index in [9.17, 15) is 0 Å². The van der Waals surface area contributed by atoms with Gasteiger partial charge in [0.1, 0.15) is 0 Å². The molecule has 22 heavy (non-hydrogen) atoms. The van der Waals surface area contributed by atoms with Gasteiger partial charge in [-0.3, -0.25) is 0 Å². The first-order valence-electron chi connectivity index (χ1n) is 9.68. The summed E-state index contributed by atoms with van der Waals surface area (Å²) in [6, 6.07) is 2.19. The lowest BCUT2D eigenvalue weighted by Crippen LogP contribution is -2.00. The summed E-state index contributed by atoms with van der Waals surface area (Å²) in [6.07, 6.45) is 20.4. The summed E-state index contributed by atoms with van der Waals surface area (Å²) < 4.78 is 0. The molecular weight excluding hydrogens is 268 g/mol. The minimum atomic E-state index is 1.12. The topological polar surface area (TPSA) is 25.8 Å². The maximum Gasteiger partial charge on any atom is 0.0663 e. The van der Waals surface area contributed by atoms with Gasteiger partial charge in [-0.15, -0.1) is 0 Å². The van der Waals surface area contributed by atoms with Crippen LogP contribution in [0.15, 0.2) is 12.3 Å². The number of aryl methyl sites for hydroxylation is 2. The Morgan fingerprint density at radius 2 is 1.23 bits per heavy atom. The van der Waals surface area contributed by atoms with Crippen LogP contribution in [0.25, 0.3) is 0 Å². The highest BCUT2D eigenvalue weighted by Crippen LogP contribution is 2.15. The Morgan fingerprint density at radius 1 is 0.682 bits per heavy atom. The zero-order valence-electron chi connectivity index (χ0n) is 14.9. The van der Waals surface area contributed by atoms with Crippen LogP contribution in [0.5, 0.6) is 0 Å². The molecule has 0 atom stereocenters. The maximum atomic E-state index is 4.39. The molecule has 0 spiro atoms. The van der Waals surface area contributed by atoms with Gasteiger partial charge in [0.05, 0.1) is 5.69 Å². The van der Waals surface area contributed by atoms with Crippen molar-refractivity contribution < 1.29 is 0 Å². The smallest absolute Gasteiger partial charge is 0.0663 e. The summed E-state index contributed by atoms with van der Waals surface area (Å²) in [7, 11) is 0. The molecule has 1 rings (SSSR count).